The number of rotatable bonds is 1. The van der Waals surface area contributed by atoms with Crippen molar-refractivity contribution in [3.8, 4) is 5.69 Å². The molecule has 0 unspecified atom stereocenters. The van der Waals surface area contributed by atoms with Crippen LogP contribution in [0.4, 0.5) is 0 Å². The first-order valence-corrected chi connectivity index (χ1v) is 4.40. The highest BCUT2D eigenvalue weighted by Gasteiger charge is 2.04. The van der Waals surface area contributed by atoms with Gasteiger partial charge in [-0.2, -0.15) is 4.68 Å². The van der Waals surface area contributed by atoms with Crippen LogP contribution in [0.25, 0.3) is 5.69 Å². The zero-order chi connectivity index (χ0) is 10.1. The van der Waals surface area contributed by atoms with Gasteiger partial charge in [-0.25, -0.2) is 9.89 Å². The molecule has 0 aliphatic carbocycles. The Labute approximate surface area is 88.2 Å². The van der Waals surface area contributed by atoms with Crippen molar-refractivity contribution in [2.75, 3.05) is 0 Å². The van der Waals surface area contributed by atoms with Crippen molar-refractivity contribution in [1.82, 2.24) is 20.2 Å². The van der Waals surface area contributed by atoms with E-state index < -0.39 is 5.69 Å². The SMILES string of the molecule is O=c1[nH]nnn1-c1ccc(Cl)c(Cl)c1. The van der Waals surface area contributed by atoms with E-state index in [4.69, 9.17) is 23.2 Å². The van der Waals surface area contributed by atoms with Crippen LogP contribution in [-0.2, 0) is 0 Å². The molecular weight excluding hydrogens is 227 g/mol. The Morgan fingerprint density at radius 1 is 1.29 bits per heavy atom. The van der Waals surface area contributed by atoms with Crippen molar-refractivity contribution in [2.45, 2.75) is 0 Å². The van der Waals surface area contributed by atoms with Crippen molar-refractivity contribution in [3.63, 3.8) is 0 Å². The maximum Gasteiger partial charge on any atom is 0.365 e. The molecule has 0 saturated carbocycles. The Kier molecular flexibility index (Phi) is 2.26. The van der Waals surface area contributed by atoms with Gasteiger partial charge in [0.1, 0.15) is 0 Å². The summed E-state index contributed by atoms with van der Waals surface area (Å²) in [6.45, 7) is 0. The van der Waals surface area contributed by atoms with Crippen molar-refractivity contribution < 1.29 is 0 Å². The third-order valence-corrected chi connectivity index (χ3v) is 2.36. The minimum absolute atomic E-state index is 0.360. The highest BCUT2D eigenvalue weighted by molar-refractivity contribution is 6.42. The first-order chi connectivity index (χ1) is 6.68. The third-order valence-electron chi connectivity index (χ3n) is 1.62. The number of tetrazole rings is 1. The third kappa shape index (κ3) is 1.51. The standard InChI is InChI=1S/C7H4Cl2N4O/c8-5-2-1-4(3-6(5)9)13-7(14)10-11-12-13/h1-3H,(H,10,12,14). The molecule has 1 aromatic heterocycles. The molecule has 0 aliphatic heterocycles. The molecule has 0 radical (unpaired) electrons. The van der Waals surface area contributed by atoms with Crippen LogP contribution in [0.1, 0.15) is 0 Å². The normalized spacial score (nSPS) is 10.4. The highest BCUT2D eigenvalue weighted by atomic mass is 35.5. The van der Waals surface area contributed by atoms with Crippen LogP contribution < -0.4 is 5.69 Å². The second kappa shape index (κ2) is 3.43. The van der Waals surface area contributed by atoms with Crippen LogP contribution in [0.15, 0.2) is 23.0 Å². The molecule has 1 aromatic carbocycles. The fraction of sp³-hybridized carbons (Fsp3) is 0. The average Bonchev–Trinajstić information content (AvgIpc) is 2.57. The zero-order valence-electron chi connectivity index (χ0n) is 6.74. The number of hydrogen-bond donors (Lipinski definition) is 1. The molecule has 0 aliphatic rings. The minimum atomic E-state index is -0.427. The van der Waals surface area contributed by atoms with Gasteiger partial charge < -0.3 is 0 Å². The van der Waals surface area contributed by atoms with Gasteiger partial charge in [-0.05, 0) is 28.6 Å². The Hall–Kier alpha value is -1.33. The molecule has 0 atom stereocenters. The number of aromatic amines is 1. The van der Waals surface area contributed by atoms with Gasteiger partial charge in [0.05, 0.1) is 15.7 Å². The Balaban J connectivity index is 2.59. The van der Waals surface area contributed by atoms with E-state index in [0.29, 0.717) is 15.7 Å². The molecule has 2 rings (SSSR count). The zero-order valence-corrected chi connectivity index (χ0v) is 8.25. The Morgan fingerprint density at radius 3 is 2.64 bits per heavy atom. The summed E-state index contributed by atoms with van der Waals surface area (Å²) in [5, 5.41) is 9.86. The van der Waals surface area contributed by atoms with Gasteiger partial charge in [0.15, 0.2) is 0 Å². The lowest BCUT2D eigenvalue weighted by atomic mass is 10.3. The summed E-state index contributed by atoms with van der Waals surface area (Å²) in [4.78, 5) is 11.1. The van der Waals surface area contributed by atoms with E-state index >= 15 is 0 Å². The van der Waals surface area contributed by atoms with E-state index in [9.17, 15) is 4.79 Å². The van der Waals surface area contributed by atoms with Crippen molar-refractivity contribution in [3.05, 3.63) is 38.7 Å². The fourth-order valence-corrected chi connectivity index (χ4v) is 1.28. The Bertz CT molecular complexity index is 518. The maximum absolute atomic E-state index is 11.1. The quantitative estimate of drug-likeness (QED) is 0.803. The summed E-state index contributed by atoms with van der Waals surface area (Å²) in [5.41, 5.74) is 0.0848. The smallest absolute Gasteiger partial charge is 0.244 e. The second-order valence-corrected chi connectivity index (χ2v) is 3.33. The molecule has 0 amide bonds. The van der Waals surface area contributed by atoms with Crippen LogP contribution in [0.3, 0.4) is 0 Å². The van der Waals surface area contributed by atoms with Gasteiger partial charge >= 0.3 is 5.69 Å². The molecule has 72 valence electrons. The molecule has 0 spiro atoms. The number of H-pyrrole nitrogens is 1. The first kappa shape index (κ1) is 9.23. The maximum atomic E-state index is 11.1. The fourth-order valence-electron chi connectivity index (χ4n) is 0.984. The van der Waals surface area contributed by atoms with Crippen molar-refractivity contribution in [1.29, 1.82) is 0 Å². The van der Waals surface area contributed by atoms with Gasteiger partial charge in [-0.15, -0.1) is 0 Å². The molecule has 0 fully saturated rings. The molecule has 0 saturated heterocycles. The molecule has 5 nitrogen and oxygen atoms in total. The summed E-state index contributed by atoms with van der Waals surface area (Å²) >= 11 is 11.5. The topological polar surface area (TPSA) is 63.6 Å². The molecule has 1 N–H and O–H groups in total. The van der Waals surface area contributed by atoms with Gasteiger partial charge in [0, 0.05) is 0 Å². The van der Waals surface area contributed by atoms with Crippen LogP contribution in [-0.4, -0.2) is 20.2 Å². The molecular formula is C7H4Cl2N4O. The van der Waals surface area contributed by atoms with Gasteiger partial charge in [0.25, 0.3) is 0 Å². The summed E-state index contributed by atoms with van der Waals surface area (Å²) in [6.07, 6.45) is 0. The van der Waals surface area contributed by atoms with E-state index in [0.717, 1.165) is 4.68 Å². The van der Waals surface area contributed by atoms with Gasteiger partial charge in [0.2, 0.25) is 0 Å². The molecule has 7 heteroatoms. The van der Waals surface area contributed by atoms with E-state index in [1.165, 1.54) is 6.07 Å². The van der Waals surface area contributed by atoms with Gasteiger partial charge in [-0.3, -0.25) is 0 Å². The van der Waals surface area contributed by atoms with E-state index in [-0.39, 0.29) is 0 Å². The average molecular weight is 231 g/mol. The lowest BCUT2D eigenvalue weighted by molar-refractivity contribution is 0.780. The molecule has 0 bridgehead atoms. The summed E-state index contributed by atoms with van der Waals surface area (Å²) in [5.74, 6) is 0. The monoisotopic (exact) mass is 230 g/mol. The van der Waals surface area contributed by atoms with Crippen LogP contribution in [0.2, 0.25) is 10.0 Å². The number of nitrogens with zero attached hydrogens (tertiary/aromatic N) is 3. The minimum Gasteiger partial charge on any atom is -0.244 e. The van der Waals surface area contributed by atoms with Crippen molar-refractivity contribution in [2.24, 2.45) is 0 Å². The van der Waals surface area contributed by atoms with E-state index in [2.05, 4.69) is 15.5 Å². The summed E-state index contributed by atoms with van der Waals surface area (Å²) in [7, 11) is 0. The predicted molar refractivity (Wildman–Crippen MR) is 52.0 cm³/mol. The van der Waals surface area contributed by atoms with Crippen LogP contribution in [0, 0.1) is 0 Å². The highest BCUT2D eigenvalue weighted by Crippen LogP contribution is 2.23. The number of benzene rings is 1. The van der Waals surface area contributed by atoms with Crippen LogP contribution >= 0.6 is 23.2 Å². The number of nitrogens with one attached hydrogen (secondary N) is 1. The molecule has 14 heavy (non-hydrogen) atoms. The van der Waals surface area contributed by atoms with Crippen LogP contribution in [0.5, 0.6) is 0 Å². The molecule has 1 heterocycles. The second-order valence-electron chi connectivity index (χ2n) is 2.52. The Morgan fingerprint density at radius 2 is 2.07 bits per heavy atom. The molecule has 2 aromatic rings. The number of halogens is 2. The first-order valence-electron chi connectivity index (χ1n) is 3.64. The lowest BCUT2D eigenvalue weighted by Crippen LogP contribution is -2.15. The van der Waals surface area contributed by atoms with E-state index in [1.54, 1.807) is 12.1 Å². The predicted octanol–water partition coefficient (Wildman–Crippen LogP) is 1.26. The van der Waals surface area contributed by atoms with Crippen molar-refractivity contribution >= 4 is 23.2 Å². The number of aromatic nitrogens is 4. The summed E-state index contributed by atoms with van der Waals surface area (Å²) < 4.78 is 1.09. The summed E-state index contributed by atoms with van der Waals surface area (Å²) in [6, 6.07) is 4.74. The number of hydrogen-bond acceptors (Lipinski definition) is 3. The van der Waals surface area contributed by atoms with E-state index in [1.807, 2.05) is 0 Å². The van der Waals surface area contributed by atoms with Gasteiger partial charge in [-0.1, -0.05) is 23.2 Å². The largest absolute Gasteiger partial charge is 0.365 e. The lowest BCUT2D eigenvalue weighted by Gasteiger charge is -1.99.